The van der Waals surface area contributed by atoms with Gasteiger partial charge in [0.2, 0.25) is 0 Å². The number of anilines is 2. The van der Waals surface area contributed by atoms with Gasteiger partial charge in [-0.1, -0.05) is 25.2 Å². The highest BCUT2D eigenvalue weighted by Gasteiger charge is 2.18. The van der Waals surface area contributed by atoms with Crippen LogP contribution in [-0.2, 0) is 0 Å². The van der Waals surface area contributed by atoms with Crippen molar-refractivity contribution in [2.75, 3.05) is 24.7 Å². The van der Waals surface area contributed by atoms with Crippen LogP contribution < -0.4 is 16.0 Å². The Hall–Kier alpha value is -1.30. The van der Waals surface area contributed by atoms with Crippen molar-refractivity contribution in [2.45, 2.75) is 39.7 Å². The van der Waals surface area contributed by atoms with Crippen molar-refractivity contribution < 1.29 is 4.79 Å². The van der Waals surface area contributed by atoms with Crippen molar-refractivity contribution in [1.82, 2.24) is 10.3 Å². The molecule has 5 nitrogen and oxygen atoms in total. The first-order valence-corrected chi connectivity index (χ1v) is 7.37. The Kier molecular flexibility index (Phi) is 5.60. The fraction of sp³-hybridized carbons (Fsp3) is 0.692. The highest BCUT2D eigenvalue weighted by Crippen LogP contribution is 2.26. The molecule has 1 aromatic rings. The van der Waals surface area contributed by atoms with Gasteiger partial charge in [0, 0.05) is 20.1 Å². The zero-order valence-electron chi connectivity index (χ0n) is 12.4. The van der Waals surface area contributed by atoms with E-state index in [-0.39, 0.29) is 11.9 Å². The first-order chi connectivity index (χ1) is 8.81. The second-order valence-corrected chi connectivity index (χ2v) is 6.43. The van der Waals surface area contributed by atoms with Crippen LogP contribution in [0.25, 0.3) is 0 Å². The van der Waals surface area contributed by atoms with Crippen LogP contribution in [-0.4, -0.2) is 31.0 Å². The molecule has 6 heteroatoms. The van der Waals surface area contributed by atoms with E-state index in [9.17, 15) is 4.79 Å². The standard InChI is InChI=1S/C13H24N4OS/c1-8(2)6-7-9(3)15-12(18)10-11(14)16-13(19-10)17(4)5/h8-9H,6-7,14H2,1-5H3,(H,15,18). The molecule has 0 aliphatic rings. The van der Waals surface area contributed by atoms with E-state index in [0.29, 0.717) is 16.6 Å². The molecule has 108 valence electrons. The molecular formula is C13H24N4OS. The summed E-state index contributed by atoms with van der Waals surface area (Å²) in [4.78, 5) is 18.6. The molecule has 0 bridgehead atoms. The van der Waals surface area contributed by atoms with E-state index in [0.717, 1.165) is 18.0 Å². The fourth-order valence-corrected chi connectivity index (χ4v) is 2.43. The zero-order valence-corrected chi connectivity index (χ0v) is 13.2. The third-order valence-electron chi connectivity index (χ3n) is 2.79. The average Bonchev–Trinajstić information content (AvgIpc) is 2.69. The van der Waals surface area contributed by atoms with Crippen molar-refractivity contribution in [3.8, 4) is 0 Å². The smallest absolute Gasteiger partial charge is 0.265 e. The first-order valence-electron chi connectivity index (χ1n) is 6.55. The van der Waals surface area contributed by atoms with Gasteiger partial charge in [0.15, 0.2) is 5.13 Å². The Morgan fingerprint density at radius 2 is 2.00 bits per heavy atom. The number of carbonyl (C=O) groups excluding carboxylic acids is 1. The van der Waals surface area contributed by atoms with Crippen LogP contribution >= 0.6 is 11.3 Å². The first kappa shape index (κ1) is 15.8. The van der Waals surface area contributed by atoms with Gasteiger partial charge >= 0.3 is 0 Å². The van der Waals surface area contributed by atoms with E-state index in [4.69, 9.17) is 5.73 Å². The summed E-state index contributed by atoms with van der Waals surface area (Å²) >= 11 is 1.32. The Balaban J connectivity index is 2.62. The normalized spacial score (nSPS) is 12.5. The van der Waals surface area contributed by atoms with E-state index < -0.39 is 0 Å². The third-order valence-corrected chi connectivity index (χ3v) is 4.02. The lowest BCUT2D eigenvalue weighted by atomic mass is 10.0. The Morgan fingerprint density at radius 1 is 1.37 bits per heavy atom. The van der Waals surface area contributed by atoms with Gasteiger partial charge in [0.1, 0.15) is 10.7 Å². The summed E-state index contributed by atoms with van der Waals surface area (Å²) in [6.07, 6.45) is 2.07. The van der Waals surface area contributed by atoms with E-state index in [1.807, 2.05) is 25.9 Å². The van der Waals surface area contributed by atoms with Gasteiger partial charge in [-0.25, -0.2) is 4.98 Å². The molecule has 1 rings (SSSR count). The highest BCUT2D eigenvalue weighted by molar-refractivity contribution is 7.18. The Morgan fingerprint density at radius 3 is 2.47 bits per heavy atom. The van der Waals surface area contributed by atoms with E-state index in [1.54, 1.807) is 0 Å². The summed E-state index contributed by atoms with van der Waals surface area (Å²) in [5, 5.41) is 3.73. The zero-order chi connectivity index (χ0) is 14.6. The number of nitrogens with zero attached hydrogens (tertiary/aromatic N) is 2. The van der Waals surface area contributed by atoms with Gasteiger partial charge in [-0.3, -0.25) is 4.79 Å². The number of thiazole rings is 1. The summed E-state index contributed by atoms with van der Waals surface area (Å²) in [7, 11) is 3.76. The molecule has 1 heterocycles. The summed E-state index contributed by atoms with van der Waals surface area (Å²) in [6.45, 7) is 6.38. The van der Waals surface area contributed by atoms with Gasteiger partial charge in [0.05, 0.1) is 0 Å². The maximum absolute atomic E-state index is 12.1. The van der Waals surface area contributed by atoms with E-state index in [1.165, 1.54) is 11.3 Å². The minimum atomic E-state index is -0.126. The average molecular weight is 284 g/mol. The molecule has 19 heavy (non-hydrogen) atoms. The molecule has 0 aliphatic heterocycles. The molecule has 0 fully saturated rings. The van der Waals surface area contributed by atoms with Crippen LogP contribution in [0.3, 0.4) is 0 Å². The van der Waals surface area contributed by atoms with Crippen LogP contribution in [0.2, 0.25) is 0 Å². The molecule has 1 aromatic heterocycles. The number of hydrogen-bond donors (Lipinski definition) is 2. The van der Waals surface area contributed by atoms with Gasteiger partial charge in [0.25, 0.3) is 5.91 Å². The van der Waals surface area contributed by atoms with Crippen molar-refractivity contribution in [2.24, 2.45) is 5.92 Å². The number of nitrogens with two attached hydrogens (primary N) is 1. The molecule has 0 saturated carbocycles. The molecular weight excluding hydrogens is 260 g/mol. The number of nitrogens with one attached hydrogen (secondary N) is 1. The lowest BCUT2D eigenvalue weighted by Crippen LogP contribution is -2.32. The minimum Gasteiger partial charge on any atom is -0.382 e. The lowest BCUT2D eigenvalue weighted by molar-refractivity contribution is 0.0942. The molecule has 0 spiro atoms. The maximum Gasteiger partial charge on any atom is 0.265 e. The van der Waals surface area contributed by atoms with E-state index in [2.05, 4.69) is 24.1 Å². The topological polar surface area (TPSA) is 71.2 Å². The number of rotatable bonds is 6. The molecule has 0 aromatic carbocycles. The summed E-state index contributed by atoms with van der Waals surface area (Å²) in [6, 6.07) is 0.152. The SMILES string of the molecule is CC(C)CCC(C)NC(=O)c1sc(N(C)C)nc1N. The molecule has 0 radical (unpaired) electrons. The van der Waals surface area contributed by atoms with Gasteiger partial charge in [-0.05, 0) is 25.7 Å². The summed E-state index contributed by atoms with van der Waals surface area (Å²) in [5.74, 6) is 0.829. The maximum atomic E-state index is 12.1. The molecule has 0 aliphatic carbocycles. The molecule has 1 atom stereocenters. The fourth-order valence-electron chi connectivity index (χ4n) is 1.62. The second kappa shape index (κ2) is 6.75. The summed E-state index contributed by atoms with van der Waals surface area (Å²) in [5.41, 5.74) is 5.79. The largest absolute Gasteiger partial charge is 0.382 e. The number of hydrogen-bond acceptors (Lipinski definition) is 5. The molecule has 3 N–H and O–H groups in total. The summed E-state index contributed by atoms with van der Waals surface area (Å²) < 4.78 is 0. The monoisotopic (exact) mass is 284 g/mol. The van der Waals surface area contributed by atoms with Crippen LogP contribution in [0, 0.1) is 5.92 Å². The van der Waals surface area contributed by atoms with Gasteiger partial charge in [-0.15, -0.1) is 0 Å². The number of carbonyl (C=O) groups is 1. The quantitative estimate of drug-likeness (QED) is 0.841. The van der Waals surface area contributed by atoms with Crippen molar-refractivity contribution >= 4 is 28.2 Å². The molecule has 0 saturated heterocycles. The third kappa shape index (κ3) is 4.70. The van der Waals surface area contributed by atoms with Gasteiger partial charge in [-0.2, -0.15) is 0 Å². The minimum absolute atomic E-state index is 0.126. The molecule has 1 amide bonds. The van der Waals surface area contributed by atoms with Crippen LogP contribution in [0.4, 0.5) is 10.9 Å². The van der Waals surface area contributed by atoms with Crippen molar-refractivity contribution in [1.29, 1.82) is 0 Å². The number of amides is 1. The van der Waals surface area contributed by atoms with Crippen LogP contribution in [0.15, 0.2) is 0 Å². The molecule has 1 unspecified atom stereocenters. The lowest BCUT2D eigenvalue weighted by Gasteiger charge is -2.14. The van der Waals surface area contributed by atoms with E-state index >= 15 is 0 Å². The van der Waals surface area contributed by atoms with Crippen LogP contribution in [0.5, 0.6) is 0 Å². The number of aromatic nitrogens is 1. The van der Waals surface area contributed by atoms with Crippen molar-refractivity contribution in [3.63, 3.8) is 0 Å². The van der Waals surface area contributed by atoms with Crippen molar-refractivity contribution in [3.05, 3.63) is 4.88 Å². The van der Waals surface area contributed by atoms with Gasteiger partial charge < -0.3 is 16.0 Å². The predicted octanol–water partition coefficient (Wildman–Crippen LogP) is 2.35. The number of nitrogen functional groups attached to an aromatic ring is 1. The second-order valence-electron chi connectivity index (χ2n) is 5.45. The predicted molar refractivity (Wildman–Crippen MR) is 81.9 cm³/mol. The Labute approximate surface area is 119 Å². The van der Waals surface area contributed by atoms with Crippen LogP contribution in [0.1, 0.15) is 43.3 Å². The Bertz CT molecular complexity index is 428. The highest BCUT2D eigenvalue weighted by atomic mass is 32.1.